The lowest BCUT2D eigenvalue weighted by atomic mass is 10.2. The van der Waals surface area contributed by atoms with Crippen LogP contribution in [0.15, 0.2) is 54.9 Å². The number of pyridine rings is 1. The number of morpholine rings is 1. The minimum Gasteiger partial charge on any atom is -0.378 e. The van der Waals surface area contributed by atoms with Gasteiger partial charge in [0.2, 0.25) is 5.95 Å². The molecule has 0 aliphatic carbocycles. The lowest BCUT2D eigenvalue weighted by Crippen LogP contribution is -2.36. The van der Waals surface area contributed by atoms with Crippen molar-refractivity contribution in [1.82, 2.24) is 15.0 Å². The number of nitrogens with zero attached hydrogens (tertiary/aromatic N) is 4. The third-order valence-corrected chi connectivity index (χ3v) is 4.58. The molecule has 7 nitrogen and oxygen atoms in total. The summed E-state index contributed by atoms with van der Waals surface area (Å²) in [7, 11) is 0. The summed E-state index contributed by atoms with van der Waals surface area (Å²) in [4.78, 5) is 15.6. The van der Waals surface area contributed by atoms with E-state index in [1.165, 1.54) is 0 Å². The lowest BCUT2D eigenvalue weighted by molar-refractivity contribution is 0.123. The number of anilines is 4. The average Bonchev–Trinajstić information content (AvgIpc) is 2.74. The normalized spacial score (nSPS) is 14.0. The van der Waals surface area contributed by atoms with Crippen molar-refractivity contribution in [2.75, 3.05) is 41.8 Å². The molecule has 1 aliphatic rings. The van der Waals surface area contributed by atoms with E-state index >= 15 is 0 Å². The minimum atomic E-state index is 0.581. The fourth-order valence-electron chi connectivity index (χ4n) is 3.19. The van der Waals surface area contributed by atoms with Gasteiger partial charge in [-0.15, -0.1) is 0 Å². The van der Waals surface area contributed by atoms with E-state index in [1.807, 2.05) is 31.2 Å². The number of aromatic nitrogens is 3. The van der Waals surface area contributed by atoms with Crippen molar-refractivity contribution in [2.45, 2.75) is 13.5 Å². The van der Waals surface area contributed by atoms with Gasteiger partial charge in [-0.05, 0) is 36.8 Å². The predicted octanol–water partition coefficient (Wildman–Crippen LogP) is 3.37. The minimum absolute atomic E-state index is 0.581. The van der Waals surface area contributed by atoms with Crippen molar-refractivity contribution < 1.29 is 4.74 Å². The number of nitrogens with one attached hydrogen (secondary N) is 2. The molecule has 0 spiro atoms. The summed E-state index contributed by atoms with van der Waals surface area (Å²) >= 11 is 0. The zero-order valence-corrected chi connectivity index (χ0v) is 15.9. The highest BCUT2D eigenvalue weighted by atomic mass is 16.5. The maximum atomic E-state index is 5.48. The SMILES string of the molecule is Cc1cc(NCc2ccncc2)nc(Nc2ccccc2N2CCOCC2)n1. The van der Waals surface area contributed by atoms with Gasteiger partial charge in [0.1, 0.15) is 5.82 Å². The Morgan fingerprint density at radius 3 is 2.64 bits per heavy atom. The fourth-order valence-corrected chi connectivity index (χ4v) is 3.19. The van der Waals surface area contributed by atoms with Crippen molar-refractivity contribution in [3.8, 4) is 0 Å². The Balaban J connectivity index is 1.51. The number of aryl methyl sites for hydroxylation is 1. The highest BCUT2D eigenvalue weighted by Crippen LogP contribution is 2.28. The molecule has 3 heterocycles. The van der Waals surface area contributed by atoms with E-state index in [0.29, 0.717) is 12.5 Å². The molecule has 144 valence electrons. The highest BCUT2D eigenvalue weighted by Gasteiger charge is 2.15. The Morgan fingerprint density at radius 1 is 1.04 bits per heavy atom. The van der Waals surface area contributed by atoms with Gasteiger partial charge in [0.15, 0.2) is 0 Å². The molecule has 7 heteroatoms. The second kappa shape index (κ2) is 8.67. The number of benzene rings is 1. The number of hydrogen-bond acceptors (Lipinski definition) is 7. The Bertz CT molecular complexity index is 912. The Kier molecular flexibility index (Phi) is 5.63. The molecule has 2 N–H and O–H groups in total. The summed E-state index contributed by atoms with van der Waals surface area (Å²) in [5.41, 5.74) is 4.19. The molecule has 4 rings (SSSR count). The van der Waals surface area contributed by atoms with E-state index in [1.54, 1.807) is 12.4 Å². The molecule has 0 amide bonds. The third kappa shape index (κ3) is 4.55. The van der Waals surface area contributed by atoms with Gasteiger partial charge in [-0.3, -0.25) is 4.98 Å². The van der Waals surface area contributed by atoms with Crippen LogP contribution in [0.3, 0.4) is 0 Å². The fraction of sp³-hybridized carbons (Fsp3) is 0.286. The van der Waals surface area contributed by atoms with Crippen LogP contribution in [0.1, 0.15) is 11.3 Å². The first kappa shape index (κ1) is 18.2. The zero-order chi connectivity index (χ0) is 19.2. The molecule has 0 radical (unpaired) electrons. The van der Waals surface area contributed by atoms with Crippen LogP contribution in [0, 0.1) is 6.92 Å². The molecule has 28 heavy (non-hydrogen) atoms. The third-order valence-electron chi connectivity index (χ3n) is 4.58. The van der Waals surface area contributed by atoms with E-state index in [0.717, 1.165) is 54.8 Å². The number of rotatable bonds is 6. The van der Waals surface area contributed by atoms with Crippen molar-refractivity contribution in [3.63, 3.8) is 0 Å². The molecule has 0 unspecified atom stereocenters. The molecule has 0 bridgehead atoms. The number of ether oxygens (including phenoxy) is 1. The number of hydrogen-bond donors (Lipinski definition) is 2. The van der Waals surface area contributed by atoms with Gasteiger partial charge >= 0.3 is 0 Å². The zero-order valence-electron chi connectivity index (χ0n) is 15.9. The highest BCUT2D eigenvalue weighted by molar-refractivity contribution is 5.73. The quantitative estimate of drug-likeness (QED) is 0.683. The van der Waals surface area contributed by atoms with Crippen molar-refractivity contribution in [1.29, 1.82) is 0 Å². The van der Waals surface area contributed by atoms with E-state index in [-0.39, 0.29) is 0 Å². The second-order valence-electron chi connectivity index (χ2n) is 6.67. The molecule has 0 saturated carbocycles. The van der Waals surface area contributed by atoms with Gasteiger partial charge in [-0.25, -0.2) is 4.98 Å². The first-order chi connectivity index (χ1) is 13.8. The van der Waals surface area contributed by atoms with E-state index in [9.17, 15) is 0 Å². The molecule has 2 aromatic heterocycles. The lowest BCUT2D eigenvalue weighted by Gasteiger charge is -2.30. The summed E-state index contributed by atoms with van der Waals surface area (Å²) in [6.45, 7) is 5.91. The summed E-state index contributed by atoms with van der Waals surface area (Å²) in [6, 6.07) is 14.2. The Morgan fingerprint density at radius 2 is 1.82 bits per heavy atom. The maximum absolute atomic E-state index is 5.48. The monoisotopic (exact) mass is 376 g/mol. The molecule has 0 atom stereocenters. The van der Waals surface area contributed by atoms with Gasteiger partial charge in [0, 0.05) is 43.8 Å². The topological polar surface area (TPSA) is 75.2 Å². The van der Waals surface area contributed by atoms with Crippen LogP contribution in [-0.4, -0.2) is 41.3 Å². The molecule has 1 saturated heterocycles. The van der Waals surface area contributed by atoms with Crippen molar-refractivity contribution >= 4 is 23.1 Å². The smallest absolute Gasteiger partial charge is 0.229 e. The molecular formula is C21H24N6O. The molecule has 1 fully saturated rings. The van der Waals surface area contributed by atoms with Gasteiger partial charge in [-0.2, -0.15) is 4.98 Å². The van der Waals surface area contributed by atoms with E-state index < -0.39 is 0 Å². The average molecular weight is 376 g/mol. The van der Waals surface area contributed by atoms with Gasteiger partial charge in [-0.1, -0.05) is 12.1 Å². The van der Waals surface area contributed by atoms with Crippen LogP contribution in [0.5, 0.6) is 0 Å². The van der Waals surface area contributed by atoms with Gasteiger partial charge in [0.25, 0.3) is 0 Å². The number of para-hydroxylation sites is 2. The molecule has 1 aliphatic heterocycles. The summed E-state index contributed by atoms with van der Waals surface area (Å²) in [6.07, 6.45) is 3.58. The Hall–Kier alpha value is -3.19. The summed E-state index contributed by atoms with van der Waals surface area (Å²) in [5.74, 6) is 1.37. The van der Waals surface area contributed by atoms with Gasteiger partial charge in [0.05, 0.1) is 24.6 Å². The standard InChI is InChI=1S/C21H24N6O/c1-16-14-20(23-15-17-6-8-22-9-7-17)26-21(24-16)25-18-4-2-3-5-19(18)27-10-12-28-13-11-27/h2-9,14H,10-13,15H2,1H3,(H2,23,24,25,26). The summed E-state index contributed by atoms with van der Waals surface area (Å²) < 4.78 is 5.48. The first-order valence-corrected chi connectivity index (χ1v) is 9.45. The van der Waals surface area contributed by atoms with Crippen LogP contribution in [0.4, 0.5) is 23.1 Å². The van der Waals surface area contributed by atoms with Crippen LogP contribution >= 0.6 is 0 Å². The Labute approximate surface area is 164 Å². The van der Waals surface area contributed by atoms with Crippen LogP contribution < -0.4 is 15.5 Å². The molecule has 3 aromatic rings. The van der Waals surface area contributed by atoms with Crippen LogP contribution in [0.25, 0.3) is 0 Å². The molecule has 1 aromatic carbocycles. The van der Waals surface area contributed by atoms with Crippen molar-refractivity contribution in [3.05, 3.63) is 66.1 Å². The van der Waals surface area contributed by atoms with Gasteiger partial charge < -0.3 is 20.3 Å². The van der Waals surface area contributed by atoms with E-state index in [4.69, 9.17) is 4.74 Å². The van der Waals surface area contributed by atoms with Crippen LogP contribution in [-0.2, 0) is 11.3 Å². The predicted molar refractivity (Wildman–Crippen MR) is 111 cm³/mol. The van der Waals surface area contributed by atoms with E-state index in [2.05, 4.69) is 48.7 Å². The summed E-state index contributed by atoms with van der Waals surface area (Å²) in [5, 5.41) is 6.75. The first-order valence-electron chi connectivity index (χ1n) is 9.45. The maximum Gasteiger partial charge on any atom is 0.229 e. The molecular weight excluding hydrogens is 352 g/mol. The van der Waals surface area contributed by atoms with Crippen molar-refractivity contribution in [2.24, 2.45) is 0 Å². The second-order valence-corrected chi connectivity index (χ2v) is 6.67. The largest absolute Gasteiger partial charge is 0.378 e. The van der Waals surface area contributed by atoms with Crippen LogP contribution in [0.2, 0.25) is 0 Å².